The maximum absolute atomic E-state index is 13.1. The molecule has 5 rings (SSSR count). The zero-order valence-electron chi connectivity index (χ0n) is 18.7. The molecule has 0 radical (unpaired) electrons. The number of benzene rings is 3. The van der Waals surface area contributed by atoms with Gasteiger partial charge in [-0.25, -0.2) is 9.37 Å². The lowest BCUT2D eigenvalue weighted by Crippen LogP contribution is -2.07. The van der Waals surface area contributed by atoms with E-state index in [4.69, 9.17) is 8.83 Å². The molecule has 0 spiro atoms. The Hall–Kier alpha value is -3.97. The number of carbonyl (C=O) groups excluding carboxylic acids is 1. The average molecular weight is 531 g/mol. The van der Waals surface area contributed by atoms with Crippen LogP contribution in [0, 0.1) is 5.82 Å². The molecule has 0 aliphatic rings. The van der Waals surface area contributed by atoms with Crippen molar-refractivity contribution in [2.45, 2.75) is 13.3 Å². The molecule has 0 fully saturated rings. The quantitative estimate of drug-likeness (QED) is 0.227. The molecule has 2 heterocycles. The highest BCUT2D eigenvalue weighted by molar-refractivity contribution is 9.10. The van der Waals surface area contributed by atoms with Gasteiger partial charge < -0.3 is 14.2 Å². The number of aromatic nitrogens is 1. The molecule has 174 valence electrons. The van der Waals surface area contributed by atoms with Gasteiger partial charge in [-0.05, 0) is 107 Å². The molecular formula is C28H20BrFN2O3. The van der Waals surface area contributed by atoms with Crippen LogP contribution in [0.2, 0.25) is 0 Å². The first-order valence-corrected chi connectivity index (χ1v) is 11.8. The summed E-state index contributed by atoms with van der Waals surface area (Å²) < 4.78 is 25.6. The van der Waals surface area contributed by atoms with Crippen LogP contribution in [-0.4, -0.2) is 10.9 Å². The molecule has 3 aromatic carbocycles. The normalized spacial score (nSPS) is 11.4. The Labute approximate surface area is 209 Å². The average Bonchev–Trinajstić information content (AvgIpc) is 3.51. The van der Waals surface area contributed by atoms with Gasteiger partial charge in [0.25, 0.3) is 0 Å². The lowest BCUT2D eigenvalue weighted by Gasteiger charge is -2.02. The Morgan fingerprint density at radius 2 is 1.74 bits per heavy atom. The summed E-state index contributed by atoms with van der Waals surface area (Å²) in [4.78, 5) is 17.0. The van der Waals surface area contributed by atoms with Crippen LogP contribution < -0.4 is 5.32 Å². The number of furan rings is 1. The molecule has 2 aromatic heterocycles. The van der Waals surface area contributed by atoms with Gasteiger partial charge in [0, 0.05) is 22.9 Å². The minimum absolute atomic E-state index is 0.296. The summed E-state index contributed by atoms with van der Waals surface area (Å²) in [6.45, 7) is 2.09. The molecule has 5 nitrogen and oxygen atoms in total. The molecule has 0 unspecified atom stereocenters. The van der Waals surface area contributed by atoms with E-state index in [1.54, 1.807) is 42.5 Å². The second kappa shape index (κ2) is 9.72. The molecule has 0 saturated heterocycles. The fourth-order valence-corrected chi connectivity index (χ4v) is 4.20. The predicted octanol–water partition coefficient (Wildman–Crippen LogP) is 7.87. The summed E-state index contributed by atoms with van der Waals surface area (Å²) in [6.07, 6.45) is 3.89. The minimum atomic E-state index is -0.308. The highest BCUT2D eigenvalue weighted by atomic mass is 79.9. The van der Waals surface area contributed by atoms with Crippen molar-refractivity contribution >= 4 is 44.7 Å². The third-order valence-corrected chi connectivity index (χ3v) is 6.06. The molecule has 0 aliphatic carbocycles. The first-order valence-electron chi connectivity index (χ1n) is 11.0. The summed E-state index contributed by atoms with van der Waals surface area (Å²) in [6, 6.07) is 20.9. The highest BCUT2D eigenvalue weighted by Gasteiger charge is 2.12. The molecule has 0 atom stereocenters. The summed E-state index contributed by atoms with van der Waals surface area (Å²) >= 11 is 3.55. The van der Waals surface area contributed by atoms with E-state index < -0.39 is 0 Å². The smallest absolute Gasteiger partial charge is 0.248 e. The van der Waals surface area contributed by atoms with Gasteiger partial charge in [0.2, 0.25) is 11.8 Å². The Morgan fingerprint density at radius 1 is 1.00 bits per heavy atom. The first kappa shape index (κ1) is 22.8. The number of hydrogen-bond acceptors (Lipinski definition) is 4. The summed E-state index contributed by atoms with van der Waals surface area (Å²) in [5, 5.41) is 2.82. The number of hydrogen-bond donors (Lipinski definition) is 1. The molecular weight excluding hydrogens is 511 g/mol. The van der Waals surface area contributed by atoms with Crippen LogP contribution in [0.1, 0.15) is 18.2 Å². The van der Waals surface area contributed by atoms with E-state index in [0.717, 1.165) is 27.5 Å². The number of rotatable bonds is 6. The first-order chi connectivity index (χ1) is 17.0. The fraction of sp³-hybridized carbons (Fsp3) is 0.0714. The molecule has 0 bridgehead atoms. The van der Waals surface area contributed by atoms with Crippen molar-refractivity contribution in [1.29, 1.82) is 0 Å². The highest BCUT2D eigenvalue weighted by Crippen LogP contribution is 2.31. The van der Waals surface area contributed by atoms with E-state index in [1.165, 1.54) is 23.8 Å². The topological polar surface area (TPSA) is 68.3 Å². The second-order valence-corrected chi connectivity index (χ2v) is 8.76. The molecule has 0 saturated carbocycles. The van der Waals surface area contributed by atoms with E-state index in [1.807, 2.05) is 24.3 Å². The van der Waals surface area contributed by atoms with Gasteiger partial charge >= 0.3 is 0 Å². The van der Waals surface area contributed by atoms with Crippen molar-refractivity contribution in [1.82, 2.24) is 4.98 Å². The van der Waals surface area contributed by atoms with Crippen molar-refractivity contribution in [3.63, 3.8) is 0 Å². The van der Waals surface area contributed by atoms with Gasteiger partial charge in [0.1, 0.15) is 22.9 Å². The lowest BCUT2D eigenvalue weighted by atomic mass is 10.1. The number of oxazole rings is 1. The van der Waals surface area contributed by atoms with E-state index in [0.29, 0.717) is 28.7 Å². The SMILES string of the molecule is CCc1cc(Br)c2oc(-c3ccc(NC(=O)/C=C/c4ccc(-c5ccc(F)cc5)o4)cc3)nc2c1. The molecule has 5 aromatic rings. The number of nitrogens with one attached hydrogen (secondary N) is 1. The maximum atomic E-state index is 13.1. The number of amides is 1. The van der Waals surface area contributed by atoms with Crippen LogP contribution in [0.3, 0.4) is 0 Å². The molecule has 1 amide bonds. The summed E-state index contributed by atoms with van der Waals surface area (Å²) in [5.74, 6) is 1.02. The standard InChI is InChI=1S/C28H20BrFN2O3/c1-2-17-15-23(29)27-24(16-17)32-28(35-27)19-5-9-21(10-6-19)31-26(33)14-12-22-11-13-25(34-22)18-3-7-20(30)8-4-18/h3-16H,2H2,1H3,(H,31,33)/b14-12+. The van der Waals surface area contributed by atoms with Gasteiger partial charge in [-0.2, -0.15) is 0 Å². The van der Waals surface area contributed by atoms with E-state index >= 15 is 0 Å². The number of nitrogens with zero attached hydrogens (tertiary/aromatic N) is 1. The van der Waals surface area contributed by atoms with Crippen LogP contribution in [0.25, 0.3) is 40.0 Å². The number of halogens is 2. The molecule has 1 N–H and O–H groups in total. The predicted molar refractivity (Wildman–Crippen MR) is 138 cm³/mol. The fourth-order valence-electron chi connectivity index (χ4n) is 3.62. The summed E-state index contributed by atoms with van der Waals surface area (Å²) in [7, 11) is 0. The minimum Gasteiger partial charge on any atom is -0.457 e. The van der Waals surface area contributed by atoms with Crippen molar-refractivity contribution in [3.8, 4) is 22.8 Å². The third-order valence-electron chi connectivity index (χ3n) is 5.47. The van der Waals surface area contributed by atoms with E-state index in [2.05, 4.69) is 33.2 Å². The number of fused-ring (bicyclic) bond motifs is 1. The monoisotopic (exact) mass is 530 g/mol. The van der Waals surface area contributed by atoms with Crippen LogP contribution in [-0.2, 0) is 11.2 Å². The third kappa shape index (κ3) is 5.10. The van der Waals surface area contributed by atoms with Crippen LogP contribution in [0.4, 0.5) is 10.1 Å². The largest absolute Gasteiger partial charge is 0.457 e. The Kier molecular flexibility index (Phi) is 6.33. The van der Waals surface area contributed by atoms with Gasteiger partial charge in [0.15, 0.2) is 5.58 Å². The van der Waals surface area contributed by atoms with E-state index in [-0.39, 0.29) is 11.7 Å². The van der Waals surface area contributed by atoms with Crippen LogP contribution in [0.15, 0.2) is 92.2 Å². The second-order valence-electron chi connectivity index (χ2n) is 7.91. The van der Waals surface area contributed by atoms with Gasteiger partial charge in [-0.15, -0.1) is 0 Å². The molecule has 35 heavy (non-hydrogen) atoms. The number of aryl methyl sites for hydroxylation is 1. The zero-order chi connectivity index (χ0) is 24.4. The van der Waals surface area contributed by atoms with Gasteiger partial charge in [0.05, 0.1) is 4.47 Å². The molecule has 7 heteroatoms. The van der Waals surface area contributed by atoms with Gasteiger partial charge in [-0.3, -0.25) is 4.79 Å². The van der Waals surface area contributed by atoms with Crippen molar-refractivity contribution in [3.05, 3.63) is 100 Å². The van der Waals surface area contributed by atoms with Crippen LogP contribution in [0.5, 0.6) is 0 Å². The number of anilines is 1. The molecule has 0 aliphatic heterocycles. The van der Waals surface area contributed by atoms with Crippen molar-refractivity contribution in [2.75, 3.05) is 5.32 Å². The number of carbonyl (C=O) groups is 1. The zero-order valence-corrected chi connectivity index (χ0v) is 20.3. The Bertz CT molecular complexity index is 1530. The van der Waals surface area contributed by atoms with Crippen molar-refractivity contribution in [2.24, 2.45) is 0 Å². The van der Waals surface area contributed by atoms with Crippen molar-refractivity contribution < 1.29 is 18.0 Å². The Morgan fingerprint density at radius 3 is 2.49 bits per heavy atom. The summed E-state index contributed by atoms with van der Waals surface area (Å²) in [5.41, 5.74) is 4.89. The van der Waals surface area contributed by atoms with Crippen LogP contribution >= 0.6 is 15.9 Å². The van der Waals surface area contributed by atoms with E-state index in [9.17, 15) is 9.18 Å². The Balaban J connectivity index is 1.25. The maximum Gasteiger partial charge on any atom is 0.248 e. The van der Waals surface area contributed by atoms with Gasteiger partial charge in [-0.1, -0.05) is 6.92 Å². The lowest BCUT2D eigenvalue weighted by molar-refractivity contribution is -0.111.